The molecule has 0 aliphatic rings. The highest BCUT2D eigenvalue weighted by Crippen LogP contribution is 2.43. The topological polar surface area (TPSA) is 169 Å². The van der Waals surface area contributed by atoms with E-state index in [9.17, 15) is 29.3 Å². The normalized spacial score (nSPS) is 14.7. The van der Waals surface area contributed by atoms with E-state index in [1.165, 1.54) is 96.3 Å². The van der Waals surface area contributed by atoms with Crippen LogP contribution in [0, 0.1) is 5.92 Å². The molecule has 2 unspecified atom stereocenters. The average Bonchev–Trinajstić information content (AvgIpc) is 3.24. The van der Waals surface area contributed by atoms with Gasteiger partial charge < -0.3 is 29.7 Å². The Balaban J connectivity index is 4.28. The number of unbranched alkanes of at least 4 members (excludes halogenated alkanes) is 18. The number of esters is 2. The fourth-order valence-corrected chi connectivity index (χ4v) is 7.51. The lowest BCUT2D eigenvalue weighted by molar-refractivity contribution is -0.161. The van der Waals surface area contributed by atoms with Crippen molar-refractivity contribution in [2.45, 2.75) is 225 Å². The summed E-state index contributed by atoms with van der Waals surface area (Å²) in [6, 6.07) is 0. The first-order valence-electron chi connectivity index (χ1n) is 24.5. The lowest BCUT2D eigenvalue weighted by atomic mass is 10.0. The van der Waals surface area contributed by atoms with Crippen molar-refractivity contribution < 1.29 is 52.9 Å². The number of phosphoric acid groups is 1. The highest BCUT2D eigenvalue weighted by atomic mass is 31.2. The Morgan fingerprint density at radius 1 is 0.548 bits per heavy atom. The highest BCUT2D eigenvalue weighted by molar-refractivity contribution is 7.47. The van der Waals surface area contributed by atoms with Crippen molar-refractivity contribution in [2.75, 3.05) is 26.4 Å². The van der Waals surface area contributed by atoms with Crippen LogP contribution in [0.3, 0.4) is 0 Å². The molecule has 0 amide bonds. The first-order chi connectivity index (χ1) is 30.0. The Labute approximate surface area is 377 Å². The zero-order valence-corrected chi connectivity index (χ0v) is 40.3. The molecule has 11 nitrogen and oxygen atoms in total. The number of phosphoric ester groups is 1. The smallest absolute Gasteiger partial charge is 0.462 e. The molecule has 4 atom stereocenters. The summed E-state index contributed by atoms with van der Waals surface area (Å²) in [6.07, 6.45) is 44.4. The third-order valence-corrected chi connectivity index (χ3v) is 11.4. The monoisotopic (exact) mass is 899 g/mol. The summed E-state index contributed by atoms with van der Waals surface area (Å²) in [4.78, 5) is 35.1. The second kappa shape index (κ2) is 44.1. The number of allylic oxidation sites excluding steroid dienone is 7. The van der Waals surface area contributed by atoms with Crippen LogP contribution in [-0.2, 0) is 32.7 Å². The number of ether oxygens (including phenoxy) is 2. The summed E-state index contributed by atoms with van der Waals surface area (Å²) in [6.45, 7) is 4.48. The highest BCUT2D eigenvalue weighted by Gasteiger charge is 2.27. The summed E-state index contributed by atoms with van der Waals surface area (Å²) >= 11 is 0. The van der Waals surface area contributed by atoms with Gasteiger partial charge in [0.15, 0.2) is 6.10 Å². The molecule has 0 aromatic carbocycles. The Hall–Kier alpha value is -2.11. The predicted octanol–water partition coefficient (Wildman–Crippen LogP) is 12.5. The van der Waals surface area contributed by atoms with E-state index in [0.717, 1.165) is 57.3 Å². The van der Waals surface area contributed by atoms with E-state index in [2.05, 4.69) is 51.2 Å². The van der Waals surface area contributed by atoms with Gasteiger partial charge in [0.2, 0.25) is 0 Å². The molecule has 0 aliphatic heterocycles. The molecular weight excluding hydrogens is 808 g/mol. The minimum absolute atomic E-state index is 0.0937. The lowest BCUT2D eigenvalue weighted by Gasteiger charge is -2.20. The number of hydrogen-bond donors (Lipinski definition) is 4. The van der Waals surface area contributed by atoms with Gasteiger partial charge in [-0.2, -0.15) is 0 Å². The molecule has 0 spiro atoms. The number of aliphatic hydroxyl groups excluding tert-OH is 3. The van der Waals surface area contributed by atoms with Crippen molar-refractivity contribution in [3.05, 3.63) is 48.6 Å². The molecule has 0 saturated heterocycles. The van der Waals surface area contributed by atoms with Crippen LogP contribution in [0.1, 0.15) is 207 Å². The van der Waals surface area contributed by atoms with Gasteiger partial charge in [-0.1, -0.05) is 191 Å². The van der Waals surface area contributed by atoms with Gasteiger partial charge in [0.1, 0.15) is 12.7 Å². The van der Waals surface area contributed by atoms with Crippen LogP contribution in [0.5, 0.6) is 0 Å². The minimum Gasteiger partial charge on any atom is -0.462 e. The Morgan fingerprint density at radius 3 is 1.50 bits per heavy atom. The number of hydrogen-bond acceptors (Lipinski definition) is 10. The zero-order chi connectivity index (χ0) is 45.8. The fraction of sp³-hybridized carbons (Fsp3) is 0.800. The zero-order valence-electron chi connectivity index (χ0n) is 39.4. The lowest BCUT2D eigenvalue weighted by Crippen LogP contribution is -2.29. The number of aliphatic hydroxyl groups is 3. The van der Waals surface area contributed by atoms with Gasteiger partial charge in [-0.15, -0.1) is 0 Å². The summed E-state index contributed by atoms with van der Waals surface area (Å²) in [5.41, 5.74) is 0. The van der Waals surface area contributed by atoms with Gasteiger partial charge in [-0.05, 0) is 57.3 Å². The van der Waals surface area contributed by atoms with E-state index in [0.29, 0.717) is 25.7 Å². The molecule has 0 heterocycles. The maximum Gasteiger partial charge on any atom is 0.472 e. The quantitative estimate of drug-likeness (QED) is 0.0199. The summed E-state index contributed by atoms with van der Waals surface area (Å²) < 4.78 is 32.7. The fourth-order valence-electron chi connectivity index (χ4n) is 6.72. The predicted molar refractivity (Wildman–Crippen MR) is 253 cm³/mol. The van der Waals surface area contributed by atoms with E-state index in [-0.39, 0.29) is 25.6 Å². The molecule has 0 saturated carbocycles. The van der Waals surface area contributed by atoms with Crippen molar-refractivity contribution in [3.8, 4) is 0 Å². The molecule has 0 radical (unpaired) electrons. The largest absolute Gasteiger partial charge is 0.472 e. The first-order valence-corrected chi connectivity index (χ1v) is 26.0. The summed E-state index contributed by atoms with van der Waals surface area (Å²) in [7, 11) is -4.65. The van der Waals surface area contributed by atoms with Gasteiger partial charge in [0.25, 0.3) is 0 Å². The van der Waals surface area contributed by atoms with Crippen molar-refractivity contribution >= 4 is 19.8 Å². The van der Waals surface area contributed by atoms with Crippen molar-refractivity contribution in [1.82, 2.24) is 0 Å². The molecular formula is C50H91O11P. The van der Waals surface area contributed by atoms with Gasteiger partial charge in [-0.25, -0.2) is 4.57 Å². The van der Waals surface area contributed by atoms with E-state index >= 15 is 0 Å². The van der Waals surface area contributed by atoms with E-state index in [4.69, 9.17) is 23.6 Å². The third kappa shape index (κ3) is 44.5. The SMILES string of the molecule is CCCC(O)C/C=C\C/C=C\C/C=C\C/C=C\CCCC(=O)O[C@H](COC(=O)CCCCCCCCCCCCCCCCCCCCC(C)C)COP(=O)(O)OC[C@@H](O)CO. The second-order valence-corrected chi connectivity index (χ2v) is 18.6. The van der Waals surface area contributed by atoms with Gasteiger partial charge in [0, 0.05) is 12.8 Å². The molecule has 4 N–H and O–H groups in total. The van der Waals surface area contributed by atoms with Crippen LogP contribution in [0.25, 0.3) is 0 Å². The summed E-state index contributed by atoms with van der Waals surface area (Å²) in [5.74, 6) is -0.166. The van der Waals surface area contributed by atoms with Gasteiger partial charge in [0.05, 0.1) is 25.9 Å². The van der Waals surface area contributed by atoms with Crippen LogP contribution in [0.15, 0.2) is 48.6 Å². The van der Waals surface area contributed by atoms with Gasteiger partial charge in [-0.3, -0.25) is 18.6 Å². The number of carbonyl (C=O) groups is 2. The minimum atomic E-state index is -4.65. The van der Waals surface area contributed by atoms with Crippen molar-refractivity contribution in [2.24, 2.45) is 5.92 Å². The molecule has 12 heteroatoms. The van der Waals surface area contributed by atoms with Crippen molar-refractivity contribution in [1.29, 1.82) is 0 Å². The van der Waals surface area contributed by atoms with Gasteiger partial charge >= 0.3 is 19.8 Å². The standard InChI is InChI=1S/C50H91O11P/c1-4-36-46(52)38-33-29-25-21-17-13-11-15-19-23-27-31-35-40-50(55)61-48(44-60-62(56,57)59-42-47(53)41-51)43-58-49(54)39-34-30-26-22-18-14-10-8-6-5-7-9-12-16-20-24-28-32-37-45(2)3/h11,15,17,21,23,27,29,33,45-48,51-53H,4-10,12-14,16,18-20,22,24-26,28,30-32,34-44H2,1-3H3,(H,56,57)/b15-11-,21-17-,27-23-,33-29-/t46?,47-,48+/m0/s1. The molecule has 0 aliphatic carbocycles. The number of carbonyl (C=O) groups excluding carboxylic acids is 2. The third-order valence-electron chi connectivity index (χ3n) is 10.5. The number of rotatable bonds is 45. The van der Waals surface area contributed by atoms with E-state index < -0.39 is 51.8 Å². The molecule has 0 aromatic rings. The van der Waals surface area contributed by atoms with Crippen LogP contribution < -0.4 is 0 Å². The van der Waals surface area contributed by atoms with Crippen molar-refractivity contribution in [3.63, 3.8) is 0 Å². The van der Waals surface area contributed by atoms with E-state index in [1.54, 1.807) is 0 Å². The van der Waals surface area contributed by atoms with E-state index in [1.807, 2.05) is 18.2 Å². The molecule has 0 aromatic heterocycles. The Kier molecular flexibility index (Phi) is 42.6. The Morgan fingerprint density at radius 2 is 1.00 bits per heavy atom. The van der Waals surface area contributed by atoms with Crippen LogP contribution >= 0.6 is 7.82 Å². The van der Waals surface area contributed by atoms with Crippen LogP contribution in [-0.4, -0.2) is 76.9 Å². The second-order valence-electron chi connectivity index (χ2n) is 17.2. The van der Waals surface area contributed by atoms with Crippen LogP contribution in [0.2, 0.25) is 0 Å². The Bertz CT molecular complexity index is 1200. The van der Waals surface area contributed by atoms with Crippen LogP contribution in [0.4, 0.5) is 0 Å². The molecule has 362 valence electrons. The summed E-state index contributed by atoms with van der Waals surface area (Å²) in [5, 5.41) is 28.1. The molecule has 62 heavy (non-hydrogen) atoms. The molecule has 0 bridgehead atoms. The molecule has 0 rings (SSSR count). The molecule has 0 fully saturated rings. The average molecular weight is 899 g/mol. The maximum atomic E-state index is 12.6. The first kappa shape index (κ1) is 59.9. The maximum absolute atomic E-state index is 12.6.